The Balaban J connectivity index is 0.00000375. The number of aliphatic hydroxyl groups excluding tert-OH is 3. The van der Waals surface area contributed by atoms with Crippen LogP contribution in [0.15, 0.2) is 73.3 Å². The fraction of sp³-hybridized carbons (Fsp3) is 0.481. The lowest BCUT2D eigenvalue weighted by atomic mass is 10.0. The van der Waals surface area contributed by atoms with Gasteiger partial charge in [0.25, 0.3) is 5.97 Å². The first-order chi connectivity index (χ1) is 40.1. The van der Waals surface area contributed by atoms with Gasteiger partial charge in [-0.2, -0.15) is 0 Å². The van der Waals surface area contributed by atoms with Gasteiger partial charge in [-0.25, -0.2) is 9.78 Å². The highest BCUT2D eigenvalue weighted by molar-refractivity contribution is 8.76. The van der Waals surface area contributed by atoms with Gasteiger partial charge >= 0.3 is 5.97 Å². The summed E-state index contributed by atoms with van der Waals surface area (Å²) in [6, 6.07) is 1.42. The molecule has 464 valence electrons. The quantitative estimate of drug-likeness (QED) is 0.0629. The predicted octanol–water partition coefficient (Wildman–Crippen LogP) is -3.00. The summed E-state index contributed by atoms with van der Waals surface area (Å²) in [6.45, 7) is 7.30. The SMILES string of the molecule is CC(=O)O.CC(C)C[C@@H]1NC(=O)[C@H]([C@@H](C)O)NC(=O)[C@H](Cc2ccccc2)NC(=O)CNC(=O)[C@H](Cc2c[nH]c3ccccc23)NC(=O)[C@H](Cc2cnc[nH]2)NC(=O)[C@H]([C@@H](C)O)NC(=O)[C@H]([C@@H](C)O)NC(=O)[C@@H](N)CSSC[C@@H](C(=O)O)NC1=O. The number of benzene rings is 2. The molecule has 1 aliphatic heterocycles. The third-order valence-electron chi connectivity index (χ3n) is 12.7. The molecule has 0 saturated carbocycles. The van der Waals surface area contributed by atoms with Gasteiger partial charge in [-0.05, 0) is 50.3 Å². The van der Waals surface area contributed by atoms with Crippen molar-refractivity contribution >= 4 is 97.6 Å². The molecule has 0 spiro atoms. The molecule has 2 aromatic carbocycles. The Labute approximate surface area is 496 Å². The van der Waals surface area contributed by atoms with Crippen molar-refractivity contribution in [1.29, 1.82) is 0 Å². The molecule has 85 heavy (non-hydrogen) atoms. The zero-order valence-corrected chi connectivity index (χ0v) is 49.1. The molecule has 9 amide bonds. The summed E-state index contributed by atoms with van der Waals surface area (Å²) < 4.78 is 0. The lowest BCUT2D eigenvalue weighted by Crippen LogP contribution is -2.63. The number of aliphatic hydroxyl groups is 3. The molecule has 3 heterocycles. The van der Waals surface area contributed by atoms with E-state index in [1.165, 1.54) is 19.4 Å². The summed E-state index contributed by atoms with van der Waals surface area (Å²) in [4.78, 5) is 157. The second-order valence-corrected chi connectivity index (χ2v) is 23.0. The second-order valence-electron chi connectivity index (χ2n) is 20.5. The van der Waals surface area contributed by atoms with E-state index in [2.05, 4.69) is 62.8 Å². The zero-order valence-electron chi connectivity index (χ0n) is 47.5. The molecule has 0 aliphatic carbocycles. The van der Waals surface area contributed by atoms with Crippen molar-refractivity contribution in [2.75, 3.05) is 18.1 Å². The number of aromatic amines is 2. The predicted molar refractivity (Wildman–Crippen MR) is 311 cm³/mol. The van der Waals surface area contributed by atoms with Gasteiger partial charge in [0.2, 0.25) is 53.2 Å². The van der Waals surface area contributed by atoms with E-state index in [0.29, 0.717) is 27.7 Å². The van der Waals surface area contributed by atoms with E-state index in [1.807, 2.05) is 0 Å². The van der Waals surface area contributed by atoms with Gasteiger partial charge in [0.15, 0.2) is 0 Å². The number of hydrogen-bond acceptors (Lipinski definition) is 18. The van der Waals surface area contributed by atoms with E-state index < -0.39 is 144 Å². The van der Waals surface area contributed by atoms with Crippen LogP contribution in [0.25, 0.3) is 10.9 Å². The van der Waals surface area contributed by atoms with Gasteiger partial charge in [-0.3, -0.25) is 47.9 Å². The van der Waals surface area contributed by atoms with E-state index in [0.717, 1.165) is 42.4 Å². The molecular weight excluding hydrogens is 1150 g/mol. The van der Waals surface area contributed by atoms with Gasteiger partial charge in [0.05, 0.1) is 37.2 Å². The van der Waals surface area contributed by atoms with Crippen LogP contribution in [0.3, 0.4) is 0 Å². The fourth-order valence-electron chi connectivity index (χ4n) is 8.38. The molecular formula is C54H75N13O16S2. The molecule has 31 heteroatoms. The van der Waals surface area contributed by atoms with Crippen LogP contribution in [0.2, 0.25) is 0 Å². The third-order valence-corrected chi connectivity index (χ3v) is 15.2. The Hall–Kier alpha value is -8.10. The summed E-state index contributed by atoms with van der Waals surface area (Å²) in [5, 5.41) is 72.8. The Morgan fingerprint density at radius 3 is 1.66 bits per heavy atom. The van der Waals surface area contributed by atoms with Crippen molar-refractivity contribution < 1.29 is 78.3 Å². The molecule has 4 aromatic rings. The van der Waals surface area contributed by atoms with Crippen LogP contribution in [0.4, 0.5) is 0 Å². The molecule has 5 rings (SSSR count). The highest BCUT2D eigenvalue weighted by Gasteiger charge is 2.38. The normalized spacial score (nSPS) is 24.7. The summed E-state index contributed by atoms with van der Waals surface area (Å²) in [5.74, 6) is -11.9. The van der Waals surface area contributed by atoms with Crippen molar-refractivity contribution in [2.45, 2.75) is 140 Å². The summed E-state index contributed by atoms with van der Waals surface area (Å²) in [5.41, 5.74) is 8.27. The smallest absolute Gasteiger partial charge is 0.327 e. The zero-order chi connectivity index (χ0) is 63.1. The van der Waals surface area contributed by atoms with Gasteiger partial charge in [-0.1, -0.05) is 84.0 Å². The van der Waals surface area contributed by atoms with Crippen LogP contribution in [0.1, 0.15) is 64.8 Å². The number of rotatable bonds is 12. The minimum absolute atomic E-state index is 0.0227. The van der Waals surface area contributed by atoms with Crippen LogP contribution in [-0.2, 0) is 72.0 Å². The molecule has 1 aliphatic rings. The van der Waals surface area contributed by atoms with Crippen LogP contribution >= 0.6 is 21.6 Å². The first kappa shape index (κ1) is 69.4. The number of imidazole rings is 1. The maximum absolute atomic E-state index is 14.5. The highest BCUT2D eigenvalue weighted by atomic mass is 33.1. The van der Waals surface area contributed by atoms with Crippen molar-refractivity contribution in [3.8, 4) is 0 Å². The number of carboxylic acids is 2. The van der Waals surface area contributed by atoms with E-state index in [-0.39, 0.29) is 43.1 Å². The third kappa shape index (κ3) is 22.8. The van der Waals surface area contributed by atoms with Crippen molar-refractivity contribution in [3.05, 3.63) is 90.1 Å². The molecule has 1 fully saturated rings. The molecule has 18 N–H and O–H groups in total. The van der Waals surface area contributed by atoms with Gasteiger partial charge in [0, 0.05) is 66.7 Å². The first-order valence-electron chi connectivity index (χ1n) is 26.9. The average Bonchev–Trinajstić information content (AvgIpc) is 4.37. The van der Waals surface area contributed by atoms with Crippen molar-refractivity contribution in [1.82, 2.24) is 62.8 Å². The van der Waals surface area contributed by atoms with Gasteiger partial charge in [-0.15, -0.1) is 0 Å². The van der Waals surface area contributed by atoms with E-state index in [1.54, 1.807) is 74.6 Å². The largest absolute Gasteiger partial charge is 0.481 e. The van der Waals surface area contributed by atoms with Crippen LogP contribution in [-0.4, -0.2) is 196 Å². The molecule has 0 radical (unpaired) electrons. The molecule has 29 nitrogen and oxygen atoms in total. The minimum atomic E-state index is -1.82. The summed E-state index contributed by atoms with van der Waals surface area (Å²) in [6.07, 6.45) is -1.20. The van der Waals surface area contributed by atoms with Crippen LogP contribution in [0.5, 0.6) is 0 Å². The number of para-hydroxylation sites is 1. The lowest BCUT2D eigenvalue weighted by molar-refractivity contribution is -0.142. The minimum Gasteiger partial charge on any atom is -0.481 e. The number of aliphatic carboxylic acids is 2. The number of carboxylic acid groups (broad SMARTS) is 2. The fourth-order valence-corrected chi connectivity index (χ4v) is 10.7. The Morgan fingerprint density at radius 1 is 0.588 bits per heavy atom. The van der Waals surface area contributed by atoms with Crippen molar-refractivity contribution in [2.24, 2.45) is 11.7 Å². The van der Waals surface area contributed by atoms with Crippen LogP contribution < -0.4 is 53.6 Å². The highest BCUT2D eigenvalue weighted by Crippen LogP contribution is 2.24. The summed E-state index contributed by atoms with van der Waals surface area (Å²) >= 11 is 0. The summed E-state index contributed by atoms with van der Waals surface area (Å²) in [7, 11) is 1.84. The Kier molecular flexibility index (Phi) is 27.8. The van der Waals surface area contributed by atoms with E-state index >= 15 is 0 Å². The topological polar surface area (TPSA) is 468 Å². The van der Waals surface area contributed by atoms with Crippen molar-refractivity contribution in [3.63, 3.8) is 0 Å². The number of nitrogens with two attached hydrogens (primary N) is 1. The maximum atomic E-state index is 14.5. The number of fused-ring (bicyclic) bond motifs is 1. The number of amides is 9. The molecule has 0 bridgehead atoms. The van der Waals surface area contributed by atoms with Gasteiger partial charge < -0.3 is 89.1 Å². The monoisotopic (exact) mass is 1230 g/mol. The number of nitrogens with zero attached hydrogens (tertiary/aromatic N) is 1. The number of H-pyrrole nitrogens is 2. The lowest BCUT2D eigenvalue weighted by Gasteiger charge is -2.28. The van der Waals surface area contributed by atoms with Gasteiger partial charge in [0.1, 0.15) is 48.3 Å². The second kappa shape index (κ2) is 34.0. The Bertz CT molecular complexity index is 2930. The Morgan fingerprint density at radius 2 is 1.08 bits per heavy atom. The number of nitrogens with one attached hydrogen (secondary N) is 11. The average molecular weight is 1230 g/mol. The first-order valence-corrected chi connectivity index (χ1v) is 29.4. The molecule has 0 unspecified atom stereocenters. The maximum Gasteiger partial charge on any atom is 0.327 e. The van der Waals surface area contributed by atoms with E-state index in [9.17, 15) is 68.4 Å². The standard InChI is InChI=1S/C52H71N13O14S2.C2H4O2/c1-25(2)15-35-46(72)62-39(52(78)79)23-81-80-22-33(53)44(70)63-43(28(5)68)51(77)65-42(27(4)67)50(76)61-38(18-31-20-54-24-57-31)47(73)59-37(17-30-19-55-34-14-10-9-13-32(30)34)45(71)56-21-40(69)58-36(16-29-11-7-6-8-12-29)48(74)64-41(26(3)66)49(75)60-35;1-2(3)4/h6-14,19-20,24-28,33,35-39,41-43,55,66-68H,15-18,21-23,53H2,1-5H3,(H,54,57)(H,56,71)(H,58,69)(H,59,73)(H,60,75)(H,61,76)(H,62,72)(H,63,70)(H,64,74)(H,65,77)(H,78,79);1H3,(H,3,4)/t26-,27-,28-,33+,35+,36+,37+,38+,39+,41+,42+,43+;/m1./s1. The number of carbonyl (C=O) groups excluding carboxylic acids is 9. The number of hydrogen-bond donors (Lipinski definition) is 17. The number of carbonyl (C=O) groups is 11. The molecule has 2 aromatic heterocycles. The van der Waals surface area contributed by atoms with E-state index in [4.69, 9.17) is 15.6 Å². The van der Waals surface area contributed by atoms with Crippen LogP contribution in [0, 0.1) is 5.92 Å². The molecule has 1 saturated heterocycles. The number of aromatic nitrogens is 3. The molecule has 12 atom stereocenters.